The minimum Gasteiger partial charge on any atom is -0.301 e. The van der Waals surface area contributed by atoms with Crippen molar-refractivity contribution in [1.82, 2.24) is 9.88 Å². The molecular weight excluding hydrogens is 463 g/mol. The van der Waals surface area contributed by atoms with Crippen molar-refractivity contribution in [1.29, 1.82) is 0 Å². The van der Waals surface area contributed by atoms with E-state index >= 15 is 0 Å². The standard InChI is InChI=1S/C21H20F3N3O3S2/c1-32(29,30)15-7-8-16-17(11-15)31-19(25-16)26-18(28)20(21(22,23)24)9-10-27(13-20)12-14-5-3-2-4-6-14/h2-8,11H,9-10,12-13H2,1H3,(H,25,26,28). The number of carbonyl (C=O) groups is 1. The molecule has 3 aromatic rings. The Hall–Kier alpha value is -2.50. The number of thiazole rings is 1. The van der Waals surface area contributed by atoms with Crippen LogP contribution in [0.25, 0.3) is 10.2 Å². The highest BCUT2D eigenvalue weighted by atomic mass is 32.2. The number of nitrogens with one attached hydrogen (secondary N) is 1. The van der Waals surface area contributed by atoms with Gasteiger partial charge in [-0.3, -0.25) is 9.69 Å². The Bertz CT molecular complexity index is 1260. The summed E-state index contributed by atoms with van der Waals surface area (Å²) in [5, 5.41) is 2.34. The number of aromatic nitrogens is 1. The van der Waals surface area contributed by atoms with Crippen molar-refractivity contribution in [3.05, 3.63) is 54.1 Å². The number of nitrogens with zero attached hydrogens (tertiary/aromatic N) is 2. The van der Waals surface area contributed by atoms with Gasteiger partial charge < -0.3 is 5.32 Å². The minimum atomic E-state index is -4.73. The summed E-state index contributed by atoms with van der Waals surface area (Å²) < 4.78 is 66.2. The van der Waals surface area contributed by atoms with Crippen LogP contribution in [0.2, 0.25) is 0 Å². The first-order chi connectivity index (χ1) is 15.0. The van der Waals surface area contributed by atoms with Crippen LogP contribution in [0, 0.1) is 5.41 Å². The first-order valence-electron chi connectivity index (χ1n) is 9.73. The number of anilines is 1. The highest BCUT2D eigenvalue weighted by molar-refractivity contribution is 7.90. The third-order valence-electron chi connectivity index (χ3n) is 5.58. The maximum absolute atomic E-state index is 14.1. The molecule has 6 nitrogen and oxygen atoms in total. The van der Waals surface area contributed by atoms with Crippen molar-refractivity contribution in [2.24, 2.45) is 5.41 Å². The normalized spacial score (nSPS) is 20.0. The van der Waals surface area contributed by atoms with Crippen LogP contribution >= 0.6 is 11.3 Å². The number of benzene rings is 2. The lowest BCUT2D eigenvalue weighted by Crippen LogP contribution is -2.49. The molecule has 0 bridgehead atoms. The number of likely N-dealkylation sites (tertiary alicyclic amines) is 1. The molecule has 32 heavy (non-hydrogen) atoms. The molecule has 0 saturated carbocycles. The third kappa shape index (κ3) is 4.37. The number of halogens is 3. The molecule has 1 unspecified atom stereocenters. The van der Waals surface area contributed by atoms with Crippen molar-refractivity contribution < 1.29 is 26.4 Å². The van der Waals surface area contributed by atoms with E-state index in [4.69, 9.17) is 0 Å². The van der Waals surface area contributed by atoms with E-state index in [0.717, 1.165) is 23.2 Å². The predicted molar refractivity (Wildman–Crippen MR) is 116 cm³/mol. The van der Waals surface area contributed by atoms with Crippen LogP contribution < -0.4 is 5.32 Å². The van der Waals surface area contributed by atoms with Gasteiger partial charge in [-0.15, -0.1) is 0 Å². The SMILES string of the molecule is CS(=O)(=O)c1ccc2nc(NC(=O)C3(C(F)(F)F)CCN(Cc4ccccc4)C3)sc2c1. The van der Waals surface area contributed by atoms with Gasteiger partial charge in [0.25, 0.3) is 0 Å². The number of hydrogen-bond acceptors (Lipinski definition) is 6. The molecule has 1 aliphatic heterocycles. The van der Waals surface area contributed by atoms with Crippen molar-refractivity contribution in [3.63, 3.8) is 0 Å². The van der Waals surface area contributed by atoms with Gasteiger partial charge in [-0.1, -0.05) is 41.7 Å². The Labute approximate surface area is 187 Å². The molecule has 2 aromatic carbocycles. The lowest BCUT2D eigenvalue weighted by molar-refractivity contribution is -0.215. The maximum atomic E-state index is 14.1. The second kappa shape index (κ2) is 8.13. The Balaban J connectivity index is 1.57. The quantitative estimate of drug-likeness (QED) is 0.591. The fraction of sp³-hybridized carbons (Fsp3) is 0.333. The van der Waals surface area contributed by atoms with Crippen LogP contribution in [-0.4, -0.2) is 49.7 Å². The zero-order valence-corrected chi connectivity index (χ0v) is 18.6. The Morgan fingerprint density at radius 1 is 1.22 bits per heavy atom. The fourth-order valence-electron chi connectivity index (χ4n) is 3.82. The molecule has 170 valence electrons. The van der Waals surface area contributed by atoms with Crippen molar-refractivity contribution >= 4 is 42.4 Å². The molecule has 0 spiro atoms. The summed E-state index contributed by atoms with van der Waals surface area (Å²) >= 11 is 0.939. The largest absolute Gasteiger partial charge is 0.404 e. The summed E-state index contributed by atoms with van der Waals surface area (Å²) in [4.78, 5) is 18.8. The first-order valence-corrected chi connectivity index (χ1v) is 12.4. The van der Waals surface area contributed by atoms with Gasteiger partial charge in [-0.05, 0) is 36.7 Å². The van der Waals surface area contributed by atoms with Crippen LogP contribution in [0.1, 0.15) is 12.0 Å². The highest BCUT2D eigenvalue weighted by Crippen LogP contribution is 2.47. The Kier molecular flexibility index (Phi) is 5.76. The topological polar surface area (TPSA) is 79.4 Å². The molecule has 1 aliphatic rings. The summed E-state index contributed by atoms with van der Waals surface area (Å²) in [6.07, 6.45) is -4.02. The molecule has 1 saturated heterocycles. The average molecular weight is 484 g/mol. The number of amides is 1. The van der Waals surface area contributed by atoms with Gasteiger partial charge in [0.2, 0.25) is 5.91 Å². The summed E-state index contributed by atoms with van der Waals surface area (Å²) in [5.74, 6) is -1.15. The van der Waals surface area contributed by atoms with E-state index in [9.17, 15) is 26.4 Å². The minimum absolute atomic E-state index is 0.000727. The lowest BCUT2D eigenvalue weighted by Gasteiger charge is -2.30. The van der Waals surface area contributed by atoms with Gasteiger partial charge in [0.15, 0.2) is 20.4 Å². The van der Waals surface area contributed by atoms with Crippen molar-refractivity contribution in [2.45, 2.75) is 24.0 Å². The van der Waals surface area contributed by atoms with Crippen molar-refractivity contribution in [3.8, 4) is 0 Å². The number of fused-ring (bicyclic) bond motifs is 1. The molecule has 1 atom stereocenters. The van der Waals surface area contributed by atoms with E-state index in [0.29, 0.717) is 16.8 Å². The molecule has 1 N–H and O–H groups in total. The highest BCUT2D eigenvalue weighted by Gasteiger charge is 2.63. The van der Waals surface area contributed by atoms with E-state index in [1.54, 1.807) is 4.90 Å². The third-order valence-corrected chi connectivity index (χ3v) is 7.63. The second-order valence-electron chi connectivity index (χ2n) is 7.90. The number of alkyl halides is 3. The van der Waals surface area contributed by atoms with E-state index in [2.05, 4.69) is 10.3 Å². The smallest absolute Gasteiger partial charge is 0.301 e. The summed E-state index contributed by atoms with van der Waals surface area (Å²) in [6.45, 7) is 0.0150. The van der Waals surface area contributed by atoms with E-state index in [-0.39, 0.29) is 23.0 Å². The summed E-state index contributed by atoms with van der Waals surface area (Å²) in [7, 11) is -3.45. The molecule has 0 aliphatic carbocycles. The first kappa shape index (κ1) is 22.7. The van der Waals surface area contributed by atoms with Crippen molar-refractivity contribution in [2.75, 3.05) is 24.7 Å². The summed E-state index contributed by atoms with van der Waals surface area (Å²) in [6, 6.07) is 13.4. The van der Waals surface area contributed by atoms with Gasteiger partial charge in [0.05, 0.1) is 15.1 Å². The predicted octanol–water partition coefficient (Wildman–Crippen LogP) is 4.09. The van der Waals surface area contributed by atoms with E-state index < -0.39 is 33.9 Å². The molecule has 0 radical (unpaired) electrons. The van der Waals surface area contributed by atoms with Gasteiger partial charge >= 0.3 is 6.18 Å². The number of carbonyl (C=O) groups excluding carboxylic acids is 1. The maximum Gasteiger partial charge on any atom is 0.404 e. The van der Waals surface area contributed by atoms with Gasteiger partial charge in [-0.2, -0.15) is 13.2 Å². The van der Waals surface area contributed by atoms with E-state index in [1.165, 1.54) is 18.2 Å². The zero-order chi connectivity index (χ0) is 23.1. The number of rotatable bonds is 5. The molecule has 2 heterocycles. The monoisotopic (exact) mass is 483 g/mol. The van der Waals surface area contributed by atoms with Gasteiger partial charge in [0, 0.05) is 19.3 Å². The second-order valence-corrected chi connectivity index (χ2v) is 10.9. The van der Waals surface area contributed by atoms with Crippen LogP contribution in [0.5, 0.6) is 0 Å². The Morgan fingerprint density at radius 3 is 2.59 bits per heavy atom. The molecule has 1 amide bonds. The zero-order valence-electron chi connectivity index (χ0n) is 17.0. The van der Waals surface area contributed by atoms with Crippen LogP contribution in [-0.2, 0) is 21.2 Å². The van der Waals surface area contributed by atoms with Crippen LogP contribution in [0.3, 0.4) is 0 Å². The number of hydrogen-bond donors (Lipinski definition) is 1. The van der Waals surface area contributed by atoms with Gasteiger partial charge in [-0.25, -0.2) is 13.4 Å². The molecule has 1 fully saturated rings. The van der Waals surface area contributed by atoms with Crippen LogP contribution in [0.4, 0.5) is 18.3 Å². The molecule has 4 rings (SSSR count). The lowest BCUT2D eigenvalue weighted by atomic mass is 9.85. The van der Waals surface area contributed by atoms with E-state index in [1.807, 2.05) is 30.3 Å². The molecule has 11 heteroatoms. The fourth-order valence-corrected chi connectivity index (χ4v) is 5.44. The molecular formula is C21H20F3N3O3S2. The number of sulfone groups is 1. The molecule has 1 aromatic heterocycles. The summed E-state index contributed by atoms with van der Waals surface area (Å²) in [5.41, 5.74) is -1.27. The Morgan fingerprint density at radius 2 is 1.94 bits per heavy atom. The van der Waals surface area contributed by atoms with Gasteiger partial charge in [0.1, 0.15) is 0 Å². The average Bonchev–Trinajstić information content (AvgIpc) is 3.31. The van der Waals surface area contributed by atoms with Crippen LogP contribution in [0.15, 0.2) is 53.4 Å².